The Morgan fingerprint density at radius 2 is 2.15 bits per heavy atom. The molecular formula is C19H25N. The van der Waals surface area contributed by atoms with Gasteiger partial charge in [0, 0.05) is 11.6 Å². The van der Waals surface area contributed by atoms with E-state index in [1.165, 1.54) is 43.3 Å². The summed E-state index contributed by atoms with van der Waals surface area (Å²) < 4.78 is 0. The first kappa shape index (κ1) is 14.6. The van der Waals surface area contributed by atoms with E-state index in [1.54, 1.807) is 0 Å². The highest BCUT2D eigenvalue weighted by Crippen LogP contribution is 2.32. The van der Waals surface area contributed by atoms with Crippen molar-refractivity contribution in [3.63, 3.8) is 0 Å². The third-order valence-corrected chi connectivity index (χ3v) is 3.88. The molecule has 1 nitrogen and oxygen atoms in total. The van der Waals surface area contributed by atoms with E-state index < -0.39 is 0 Å². The minimum Gasteiger partial charge on any atom is -0.399 e. The molecule has 0 spiro atoms. The van der Waals surface area contributed by atoms with Gasteiger partial charge >= 0.3 is 0 Å². The predicted octanol–water partition coefficient (Wildman–Crippen LogP) is 4.96. The minimum absolute atomic E-state index is 0.565. The van der Waals surface area contributed by atoms with E-state index in [-0.39, 0.29) is 0 Å². The summed E-state index contributed by atoms with van der Waals surface area (Å²) in [6.07, 6.45) is 21.9. The Balaban J connectivity index is 2.29. The molecule has 2 aliphatic rings. The maximum atomic E-state index is 5.74. The van der Waals surface area contributed by atoms with Crippen LogP contribution in [0.3, 0.4) is 0 Å². The summed E-state index contributed by atoms with van der Waals surface area (Å²) >= 11 is 0. The molecule has 0 aliphatic heterocycles. The second-order valence-corrected chi connectivity index (χ2v) is 5.58. The number of hydrogen-bond acceptors (Lipinski definition) is 1. The van der Waals surface area contributed by atoms with Crippen LogP contribution in [0.25, 0.3) is 0 Å². The SMILES string of the molecule is C=C(N)/C=C(\C=C/C)C1=CC2CCCCC/C=C\2C=C1. The number of fused-ring (bicyclic) bond motifs is 1. The topological polar surface area (TPSA) is 26.0 Å². The van der Waals surface area contributed by atoms with Crippen LogP contribution in [0.5, 0.6) is 0 Å². The molecule has 0 saturated carbocycles. The number of allylic oxidation sites excluding steroid dienone is 10. The lowest BCUT2D eigenvalue weighted by atomic mass is 9.83. The van der Waals surface area contributed by atoms with Gasteiger partial charge in [-0.3, -0.25) is 0 Å². The Hall–Kier alpha value is -1.76. The molecule has 0 amide bonds. The van der Waals surface area contributed by atoms with Gasteiger partial charge in [0.25, 0.3) is 0 Å². The van der Waals surface area contributed by atoms with Crippen LogP contribution >= 0.6 is 0 Å². The zero-order valence-electron chi connectivity index (χ0n) is 12.4. The van der Waals surface area contributed by atoms with Crippen molar-refractivity contribution in [3.05, 3.63) is 71.5 Å². The van der Waals surface area contributed by atoms with Crippen molar-refractivity contribution >= 4 is 0 Å². The summed E-state index contributed by atoms with van der Waals surface area (Å²) in [5.74, 6) is 0.565. The molecule has 2 rings (SSSR count). The molecule has 1 atom stereocenters. The maximum Gasteiger partial charge on any atom is 0.0247 e. The molecule has 1 heteroatoms. The smallest absolute Gasteiger partial charge is 0.0247 e. The van der Waals surface area contributed by atoms with Crippen molar-refractivity contribution < 1.29 is 0 Å². The van der Waals surface area contributed by atoms with E-state index in [4.69, 9.17) is 5.73 Å². The normalized spacial score (nSPS) is 26.2. The molecular weight excluding hydrogens is 242 g/mol. The van der Waals surface area contributed by atoms with Gasteiger partial charge in [0.15, 0.2) is 0 Å². The van der Waals surface area contributed by atoms with E-state index in [2.05, 4.69) is 37.0 Å². The van der Waals surface area contributed by atoms with Gasteiger partial charge in [-0.05, 0) is 49.0 Å². The van der Waals surface area contributed by atoms with Gasteiger partial charge in [-0.1, -0.05) is 55.9 Å². The Bertz CT molecular complexity index is 512. The van der Waals surface area contributed by atoms with E-state index in [0.717, 1.165) is 5.57 Å². The highest BCUT2D eigenvalue weighted by atomic mass is 14.5. The van der Waals surface area contributed by atoms with Crippen LogP contribution in [-0.2, 0) is 0 Å². The molecule has 2 aliphatic carbocycles. The molecule has 20 heavy (non-hydrogen) atoms. The second kappa shape index (κ2) is 7.14. The molecule has 0 saturated heterocycles. The molecule has 0 aromatic heterocycles. The van der Waals surface area contributed by atoms with Crippen LogP contribution in [0, 0.1) is 5.92 Å². The van der Waals surface area contributed by atoms with Gasteiger partial charge in [-0.25, -0.2) is 0 Å². The van der Waals surface area contributed by atoms with E-state index in [1.807, 2.05) is 19.1 Å². The molecule has 0 aromatic rings. The quantitative estimate of drug-likeness (QED) is 0.718. The summed E-state index contributed by atoms with van der Waals surface area (Å²) in [5.41, 5.74) is 10.2. The molecule has 0 aromatic carbocycles. The monoisotopic (exact) mass is 267 g/mol. The average Bonchev–Trinajstić information content (AvgIpc) is 2.38. The van der Waals surface area contributed by atoms with Crippen LogP contribution in [0.1, 0.15) is 39.0 Å². The number of nitrogens with two attached hydrogens (primary N) is 1. The lowest BCUT2D eigenvalue weighted by Crippen LogP contribution is -2.07. The van der Waals surface area contributed by atoms with Crippen molar-refractivity contribution in [1.82, 2.24) is 0 Å². The molecule has 0 bridgehead atoms. The fourth-order valence-corrected chi connectivity index (χ4v) is 2.90. The molecule has 0 radical (unpaired) electrons. The van der Waals surface area contributed by atoms with Crippen LogP contribution in [-0.4, -0.2) is 0 Å². The lowest BCUT2D eigenvalue weighted by molar-refractivity contribution is 0.566. The van der Waals surface area contributed by atoms with E-state index in [9.17, 15) is 0 Å². The van der Waals surface area contributed by atoms with Crippen LogP contribution in [0.4, 0.5) is 0 Å². The zero-order valence-corrected chi connectivity index (χ0v) is 12.4. The van der Waals surface area contributed by atoms with Crippen molar-refractivity contribution in [3.8, 4) is 0 Å². The molecule has 2 N–H and O–H groups in total. The molecule has 106 valence electrons. The Kier molecular flexibility index (Phi) is 5.23. The number of hydrogen-bond donors (Lipinski definition) is 1. The van der Waals surface area contributed by atoms with Crippen molar-refractivity contribution in [2.45, 2.75) is 39.0 Å². The summed E-state index contributed by atoms with van der Waals surface area (Å²) in [7, 11) is 0. The van der Waals surface area contributed by atoms with E-state index in [0.29, 0.717) is 11.6 Å². The van der Waals surface area contributed by atoms with Gasteiger partial charge in [-0.15, -0.1) is 0 Å². The molecule has 0 heterocycles. The third-order valence-electron chi connectivity index (χ3n) is 3.88. The standard InChI is InChI=1S/C19H25N/c1-3-8-17(13-15(2)20)19-12-11-16-9-6-4-5-7-10-18(16)14-19/h3,8-9,11-14,18H,2,4-7,10,20H2,1H3/b8-3-,16-9-,17-13+. The Morgan fingerprint density at radius 1 is 1.30 bits per heavy atom. The van der Waals surface area contributed by atoms with Gasteiger partial charge in [0.2, 0.25) is 0 Å². The van der Waals surface area contributed by atoms with Crippen LogP contribution in [0.2, 0.25) is 0 Å². The van der Waals surface area contributed by atoms with Crippen molar-refractivity contribution in [2.24, 2.45) is 11.7 Å². The first-order valence-electron chi connectivity index (χ1n) is 7.60. The largest absolute Gasteiger partial charge is 0.399 e. The maximum absolute atomic E-state index is 5.74. The van der Waals surface area contributed by atoms with Gasteiger partial charge < -0.3 is 5.73 Å². The predicted molar refractivity (Wildman–Crippen MR) is 88.1 cm³/mol. The fraction of sp³-hybridized carbons (Fsp3) is 0.368. The Labute approximate surface area is 122 Å². The van der Waals surface area contributed by atoms with Gasteiger partial charge in [-0.2, -0.15) is 0 Å². The number of rotatable bonds is 3. The van der Waals surface area contributed by atoms with E-state index >= 15 is 0 Å². The summed E-state index contributed by atoms with van der Waals surface area (Å²) in [6, 6.07) is 0. The van der Waals surface area contributed by atoms with Gasteiger partial charge in [0.05, 0.1) is 0 Å². The molecule has 0 fully saturated rings. The summed E-state index contributed by atoms with van der Waals surface area (Å²) in [5, 5.41) is 0. The minimum atomic E-state index is 0.565. The average molecular weight is 267 g/mol. The lowest BCUT2D eigenvalue weighted by Gasteiger charge is -2.22. The van der Waals surface area contributed by atoms with Crippen LogP contribution < -0.4 is 5.73 Å². The van der Waals surface area contributed by atoms with Gasteiger partial charge in [0.1, 0.15) is 0 Å². The second-order valence-electron chi connectivity index (χ2n) is 5.58. The fourth-order valence-electron chi connectivity index (χ4n) is 2.90. The summed E-state index contributed by atoms with van der Waals surface area (Å²) in [6.45, 7) is 5.81. The first-order chi connectivity index (χ1) is 9.70. The first-order valence-corrected chi connectivity index (χ1v) is 7.60. The van der Waals surface area contributed by atoms with Crippen molar-refractivity contribution in [2.75, 3.05) is 0 Å². The van der Waals surface area contributed by atoms with Crippen molar-refractivity contribution in [1.29, 1.82) is 0 Å². The highest BCUT2D eigenvalue weighted by Gasteiger charge is 2.16. The molecule has 1 unspecified atom stereocenters. The highest BCUT2D eigenvalue weighted by molar-refractivity contribution is 5.53. The van der Waals surface area contributed by atoms with Crippen LogP contribution in [0.15, 0.2) is 71.5 Å². The summed E-state index contributed by atoms with van der Waals surface area (Å²) in [4.78, 5) is 0. The zero-order chi connectivity index (χ0) is 14.4. The third kappa shape index (κ3) is 3.86. The Morgan fingerprint density at radius 3 is 2.90 bits per heavy atom.